The van der Waals surface area contributed by atoms with Crippen molar-refractivity contribution < 1.29 is 5.11 Å². The maximum Gasteiger partial charge on any atom is 0.115 e. The summed E-state index contributed by atoms with van der Waals surface area (Å²) in [5.41, 5.74) is 1.28. The lowest BCUT2D eigenvalue weighted by Gasteiger charge is -2.22. The summed E-state index contributed by atoms with van der Waals surface area (Å²) in [6.07, 6.45) is 2.37. The molecule has 1 aliphatic rings. The Labute approximate surface area is 90.7 Å². The van der Waals surface area contributed by atoms with E-state index in [1.807, 2.05) is 12.1 Å². The number of phenolic OH excluding ortho intramolecular Hbond substituents is 1. The number of hydrogen-bond acceptors (Lipinski definition) is 2. The Balaban J connectivity index is 0.000000980. The highest BCUT2D eigenvalue weighted by Gasteiger charge is 2.14. The Kier molecular flexibility index (Phi) is 4.23. The van der Waals surface area contributed by atoms with Gasteiger partial charge in [-0.05, 0) is 49.5 Å². The summed E-state index contributed by atoms with van der Waals surface area (Å²) in [6, 6.07) is 7.64. The van der Waals surface area contributed by atoms with Gasteiger partial charge in [0.05, 0.1) is 0 Å². The first-order valence-electron chi connectivity index (χ1n) is 4.86. The van der Waals surface area contributed by atoms with Crippen molar-refractivity contribution in [3.63, 3.8) is 0 Å². The van der Waals surface area contributed by atoms with Crippen LogP contribution in [0.4, 0.5) is 0 Å². The maximum atomic E-state index is 9.33. The Morgan fingerprint density at radius 2 is 1.93 bits per heavy atom. The number of hydrogen-bond donors (Lipinski definition) is 2. The fourth-order valence-corrected chi connectivity index (χ4v) is 1.93. The zero-order valence-electron chi connectivity index (χ0n) is 8.07. The van der Waals surface area contributed by atoms with Crippen molar-refractivity contribution in [2.24, 2.45) is 0 Å². The highest BCUT2D eigenvalue weighted by molar-refractivity contribution is 5.85. The highest BCUT2D eigenvalue weighted by Crippen LogP contribution is 2.26. The normalized spacial score (nSPS) is 17.4. The van der Waals surface area contributed by atoms with Crippen LogP contribution in [0.3, 0.4) is 0 Å². The molecule has 2 nitrogen and oxygen atoms in total. The molecule has 1 aromatic carbocycles. The van der Waals surface area contributed by atoms with Crippen LogP contribution < -0.4 is 5.32 Å². The molecule has 0 amide bonds. The molecule has 1 aromatic rings. The molecule has 2 N–H and O–H groups in total. The quantitative estimate of drug-likeness (QED) is 0.750. The molecule has 0 unspecified atom stereocenters. The van der Waals surface area contributed by atoms with Gasteiger partial charge in [-0.3, -0.25) is 0 Å². The number of phenols is 1. The van der Waals surface area contributed by atoms with Crippen molar-refractivity contribution >= 4 is 12.4 Å². The van der Waals surface area contributed by atoms with E-state index in [4.69, 9.17) is 0 Å². The Morgan fingerprint density at radius 3 is 2.57 bits per heavy atom. The van der Waals surface area contributed by atoms with E-state index < -0.39 is 0 Å². The third-order valence-corrected chi connectivity index (χ3v) is 2.68. The smallest absolute Gasteiger partial charge is 0.115 e. The predicted molar refractivity (Wildman–Crippen MR) is 60.2 cm³/mol. The van der Waals surface area contributed by atoms with Gasteiger partial charge in [0.1, 0.15) is 5.75 Å². The number of rotatable bonds is 1. The molecule has 0 radical (unpaired) electrons. The van der Waals surface area contributed by atoms with Gasteiger partial charge >= 0.3 is 0 Å². The molecule has 0 bridgehead atoms. The third-order valence-electron chi connectivity index (χ3n) is 2.68. The van der Waals surface area contributed by atoms with E-state index in [1.54, 1.807) is 6.07 Å². The van der Waals surface area contributed by atoms with E-state index in [0.717, 1.165) is 13.1 Å². The van der Waals surface area contributed by atoms with Gasteiger partial charge in [0, 0.05) is 0 Å². The SMILES string of the molecule is Cl.Oc1cccc(C2CCNCC2)c1. The van der Waals surface area contributed by atoms with Gasteiger partial charge in [0.25, 0.3) is 0 Å². The predicted octanol–water partition coefficient (Wildman–Crippen LogP) is 2.28. The van der Waals surface area contributed by atoms with Crippen LogP contribution in [0.5, 0.6) is 5.75 Å². The fraction of sp³-hybridized carbons (Fsp3) is 0.455. The minimum atomic E-state index is 0. The van der Waals surface area contributed by atoms with Gasteiger partial charge in [-0.1, -0.05) is 12.1 Å². The maximum absolute atomic E-state index is 9.33. The van der Waals surface area contributed by atoms with Crippen molar-refractivity contribution in [2.75, 3.05) is 13.1 Å². The van der Waals surface area contributed by atoms with E-state index in [9.17, 15) is 5.11 Å². The second-order valence-corrected chi connectivity index (χ2v) is 3.62. The summed E-state index contributed by atoms with van der Waals surface area (Å²) < 4.78 is 0. The average Bonchev–Trinajstić information content (AvgIpc) is 2.19. The molecule has 0 spiro atoms. The van der Waals surface area contributed by atoms with Crippen LogP contribution in [-0.4, -0.2) is 18.2 Å². The topological polar surface area (TPSA) is 32.3 Å². The fourth-order valence-electron chi connectivity index (χ4n) is 1.93. The first-order chi connectivity index (χ1) is 6.36. The summed E-state index contributed by atoms with van der Waals surface area (Å²) in [4.78, 5) is 0. The Hall–Kier alpha value is -0.730. The largest absolute Gasteiger partial charge is 0.508 e. The molecule has 1 aliphatic heterocycles. The van der Waals surface area contributed by atoms with Crippen LogP contribution in [0.1, 0.15) is 24.3 Å². The number of aromatic hydroxyl groups is 1. The average molecular weight is 214 g/mol. The summed E-state index contributed by atoms with van der Waals surface area (Å²) in [5, 5.41) is 12.7. The molecule has 0 atom stereocenters. The second kappa shape index (κ2) is 5.23. The lowest BCUT2D eigenvalue weighted by Crippen LogP contribution is -2.26. The molecule has 78 valence electrons. The summed E-state index contributed by atoms with van der Waals surface area (Å²) in [7, 11) is 0. The molecule has 0 aromatic heterocycles. The van der Waals surface area contributed by atoms with Crippen LogP contribution >= 0.6 is 12.4 Å². The minimum Gasteiger partial charge on any atom is -0.508 e. The standard InChI is InChI=1S/C11H15NO.ClH/c13-11-3-1-2-10(8-11)9-4-6-12-7-5-9;/h1-3,8-9,12-13H,4-7H2;1H. The Morgan fingerprint density at radius 1 is 1.21 bits per heavy atom. The van der Waals surface area contributed by atoms with Crippen molar-refractivity contribution in [1.82, 2.24) is 5.32 Å². The van der Waals surface area contributed by atoms with Gasteiger partial charge in [-0.15, -0.1) is 12.4 Å². The van der Waals surface area contributed by atoms with Crippen LogP contribution in [-0.2, 0) is 0 Å². The molecular formula is C11H16ClNO. The van der Waals surface area contributed by atoms with Crippen molar-refractivity contribution in [2.45, 2.75) is 18.8 Å². The molecule has 1 fully saturated rings. The third kappa shape index (κ3) is 2.63. The first-order valence-corrected chi connectivity index (χ1v) is 4.86. The summed E-state index contributed by atoms with van der Waals surface area (Å²) in [5.74, 6) is 1.02. The number of piperidine rings is 1. The summed E-state index contributed by atoms with van der Waals surface area (Å²) >= 11 is 0. The van der Waals surface area contributed by atoms with Crippen molar-refractivity contribution in [3.8, 4) is 5.75 Å². The van der Waals surface area contributed by atoms with E-state index in [-0.39, 0.29) is 12.4 Å². The molecule has 0 saturated carbocycles. The number of benzene rings is 1. The van der Waals surface area contributed by atoms with Crippen molar-refractivity contribution in [1.29, 1.82) is 0 Å². The van der Waals surface area contributed by atoms with Gasteiger partial charge in [0.2, 0.25) is 0 Å². The van der Waals surface area contributed by atoms with Gasteiger partial charge in [-0.25, -0.2) is 0 Å². The zero-order chi connectivity index (χ0) is 9.10. The number of nitrogens with one attached hydrogen (secondary N) is 1. The van der Waals surface area contributed by atoms with Gasteiger partial charge in [-0.2, -0.15) is 0 Å². The zero-order valence-corrected chi connectivity index (χ0v) is 8.89. The minimum absolute atomic E-state index is 0. The molecule has 0 aliphatic carbocycles. The first kappa shape index (κ1) is 11.3. The van der Waals surface area contributed by atoms with Gasteiger partial charge in [0.15, 0.2) is 0 Å². The molecule has 3 heteroatoms. The molecule has 14 heavy (non-hydrogen) atoms. The molecular weight excluding hydrogens is 198 g/mol. The monoisotopic (exact) mass is 213 g/mol. The molecule has 1 heterocycles. The highest BCUT2D eigenvalue weighted by atomic mass is 35.5. The second-order valence-electron chi connectivity index (χ2n) is 3.62. The lowest BCUT2D eigenvalue weighted by molar-refractivity contribution is 0.451. The summed E-state index contributed by atoms with van der Waals surface area (Å²) in [6.45, 7) is 2.20. The van der Waals surface area contributed by atoms with E-state index in [1.165, 1.54) is 18.4 Å². The number of halogens is 1. The molecule has 1 saturated heterocycles. The van der Waals surface area contributed by atoms with E-state index in [0.29, 0.717) is 11.7 Å². The van der Waals surface area contributed by atoms with E-state index >= 15 is 0 Å². The molecule has 2 rings (SSSR count). The Bertz CT molecular complexity index is 284. The van der Waals surface area contributed by atoms with Crippen LogP contribution in [0.15, 0.2) is 24.3 Å². The van der Waals surface area contributed by atoms with Crippen molar-refractivity contribution in [3.05, 3.63) is 29.8 Å². The van der Waals surface area contributed by atoms with Crippen LogP contribution in [0.25, 0.3) is 0 Å². The van der Waals surface area contributed by atoms with Crippen LogP contribution in [0.2, 0.25) is 0 Å². The van der Waals surface area contributed by atoms with E-state index in [2.05, 4.69) is 11.4 Å². The van der Waals surface area contributed by atoms with Gasteiger partial charge < -0.3 is 10.4 Å². The van der Waals surface area contributed by atoms with Crippen LogP contribution in [0, 0.1) is 0 Å². The lowest BCUT2D eigenvalue weighted by atomic mass is 9.90.